The molecule has 2 unspecified atom stereocenters. The van der Waals surface area contributed by atoms with E-state index in [2.05, 4.69) is 43.5 Å². The van der Waals surface area contributed by atoms with E-state index in [-0.39, 0.29) is 18.5 Å². The lowest BCUT2D eigenvalue weighted by molar-refractivity contribution is -0.143. The van der Waals surface area contributed by atoms with Crippen LogP contribution in [-0.2, 0) is 14.3 Å². The molecule has 0 aromatic heterocycles. The molecule has 0 radical (unpaired) electrons. The molecule has 91 heavy (non-hydrogen) atoms. The standard InChI is InChI=1S/C85H165NO5/c1-3-5-7-9-11-13-15-16-17-18-19-20-21-39-42-45-48-51-54-58-61-65-69-73-77-83(88)82(81-87)86-84(89)78-74-70-66-62-59-55-52-49-46-43-40-37-35-33-31-29-27-25-23-22-24-26-28-30-32-34-36-38-41-44-47-50-53-56-60-64-68-72-76-80-91-85(90)79-75-71-67-63-57-14-12-10-8-6-4-2/h22-23,26,28,82-83,87-88H,3-21,24-25,27,29-81H2,1-2H3,(H,86,89)/b23-22-,28-26-. The van der Waals surface area contributed by atoms with Crippen molar-refractivity contribution in [3.8, 4) is 0 Å². The second kappa shape index (κ2) is 80.8. The Bertz CT molecular complexity index is 1430. The van der Waals surface area contributed by atoms with Gasteiger partial charge in [-0.3, -0.25) is 9.59 Å². The predicted molar refractivity (Wildman–Crippen MR) is 403 cm³/mol. The third-order valence-electron chi connectivity index (χ3n) is 20.0. The van der Waals surface area contributed by atoms with E-state index in [1.165, 1.54) is 405 Å². The van der Waals surface area contributed by atoms with Gasteiger partial charge in [0.15, 0.2) is 0 Å². The molecule has 0 aromatic carbocycles. The van der Waals surface area contributed by atoms with Crippen LogP contribution >= 0.6 is 0 Å². The van der Waals surface area contributed by atoms with Gasteiger partial charge in [0, 0.05) is 12.8 Å². The average Bonchev–Trinajstić information content (AvgIpc) is 3.75. The Kier molecular flexibility index (Phi) is 79.3. The zero-order valence-corrected chi connectivity index (χ0v) is 62.1. The van der Waals surface area contributed by atoms with Crippen LogP contribution in [-0.4, -0.2) is 47.4 Å². The Balaban J connectivity index is 3.36. The zero-order chi connectivity index (χ0) is 65.6. The van der Waals surface area contributed by atoms with Gasteiger partial charge in [-0.05, 0) is 57.8 Å². The van der Waals surface area contributed by atoms with Crippen LogP contribution in [0.15, 0.2) is 24.3 Å². The summed E-state index contributed by atoms with van der Waals surface area (Å²) in [7, 11) is 0. The van der Waals surface area contributed by atoms with Crippen molar-refractivity contribution < 1.29 is 24.5 Å². The van der Waals surface area contributed by atoms with Crippen LogP contribution in [0, 0.1) is 0 Å². The number of esters is 1. The van der Waals surface area contributed by atoms with Crippen LogP contribution in [0.25, 0.3) is 0 Å². The highest BCUT2D eigenvalue weighted by Crippen LogP contribution is 2.21. The number of amides is 1. The lowest BCUT2D eigenvalue weighted by Crippen LogP contribution is -2.45. The molecule has 0 heterocycles. The molecule has 0 bridgehead atoms. The van der Waals surface area contributed by atoms with Gasteiger partial charge >= 0.3 is 5.97 Å². The maximum Gasteiger partial charge on any atom is 0.305 e. The van der Waals surface area contributed by atoms with E-state index in [1.807, 2.05) is 0 Å². The number of carbonyl (C=O) groups excluding carboxylic acids is 2. The Morgan fingerprint density at radius 2 is 0.549 bits per heavy atom. The summed E-state index contributed by atoms with van der Waals surface area (Å²) < 4.78 is 5.48. The monoisotopic (exact) mass is 1280 g/mol. The maximum atomic E-state index is 12.6. The highest BCUT2D eigenvalue weighted by molar-refractivity contribution is 5.76. The van der Waals surface area contributed by atoms with Gasteiger partial charge in [0.25, 0.3) is 0 Å². The van der Waals surface area contributed by atoms with Crippen LogP contribution in [0.1, 0.15) is 483 Å². The summed E-state index contributed by atoms with van der Waals surface area (Å²) in [4.78, 5) is 24.6. The van der Waals surface area contributed by atoms with Gasteiger partial charge in [-0.2, -0.15) is 0 Å². The van der Waals surface area contributed by atoms with Crippen LogP contribution in [0.5, 0.6) is 0 Å². The minimum Gasteiger partial charge on any atom is -0.466 e. The van der Waals surface area contributed by atoms with Gasteiger partial charge in [-0.25, -0.2) is 0 Å². The molecule has 3 N–H and O–H groups in total. The number of ether oxygens (including phenoxy) is 1. The summed E-state index contributed by atoms with van der Waals surface area (Å²) in [6, 6.07) is -0.540. The third-order valence-corrected chi connectivity index (χ3v) is 20.0. The van der Waals surface area contributed by atoms with Crippen molar-refractivity contribution in [1.29, 1.82) is 0 Å². The third kappa shape index (κ3) is 77.2. The smallest absolute Gasteiger partial charge is 0.305 e. The molecule has 540 valence electrons. The first-order valence-electron chi connectivity index (χ1n) is 42.1. The van der Waals surface area contributed by atoms with Gasteiger partial charge in [-0.1, -0.05) is 436 Å². The van der Waals surface area contributed by atoms with Crippen molar-refractivity contribution in [2.45, 2.75) is 495 Å². The number of hydrogen-bond acceptors (Lipinski definition) is 5. The molecule has 1 amide bonds. The first-order valence-corrected chi connectivity index (χ1v) is 42.1. The number of aliphatic hydroxyl groups is 2. The van der Waals surface area contributed by atoms with E-state index in [0.717, 1.165) is 44.9 Å². The first-order chi connectivity index (χ1) is 45.0. The van der Waals surface area contributed by atoms with Gasteiger partial charge in [0.2, 0.25) is 5.91 Å². The molecular formula is C85H165NO5. The fourth-order valence-electron chi connectivity index (χ4n) is 13.6. The lowest BCUT2D eigenvalue weighted by Gasteiger charge is -2.22. The van der Waals surface area contributed by atoms with E-state index in [4.69, 9.17) is 4.74 Å². The van der Waals surface area contributed by atoms with Crippen LogP contribution < -0.4 is 5.32 Å². The van der Waals surface area contributed by atoms with E-state index >= 15 is 0 Å². The van der Waals surface area contributed by atoms with Crippen molar-refractivity contribution in [3.05, 3.63) is 24.3 Å². The normalized spacial score (nSPS) is 12.5. The number of carbonyl (C=O) groups is 2. The number of hydrogen-bond donors (Lipinski definition) is 3. The molecule has 0 aromatic rings. The number of nitrogens with one attached hydrogen (secondary N) is 1. The molecule has 0 rings (SSSR count). The van der Waals surface area contributed by atoms with E-state index in [9.17, 15) is 19.8 Å². The highest BCUT2D eigenvalue weighted by atomic mass is 16.5. The fourth-order valence-corrected chi connectivity index (χ4v) is 13.6. The Hall–Kier alpha value is -1.66. The molecule has 0 saturated carbocycles. The first kappa shape index (κ1) is 89.3. The minimum absolute atomic E-state index is 0.0210. The molecule has 2 atom stereocenters. The molecule has 0 spiro atoms. The van der Waals surface area contributed by atoms with Gasteiger partial charge in [-0.15, -0.1) is 0 Å². The van der Waals surface area contributed by atoms with Crippen LogP contribution in [0.4, 0.5) is 0 Å². The van der Waals surface area contributed by atoms with Crippen molar-refractivity contribution in [2.24, 2.45) is 0 Å². The quantitative estimate of drug-likeness (QED) is 0.0320. The van der Waals surface area contributed by atoms with Gasteiger partial charge in [0.05, 0.1) is 25.4 Å². The second-order valence-corrected chi connectivity index (χ2v) is 29.2. The molecule has 0 aliphatic carbocycles. The summed E-state index contributed by atoms with van der Waals surface area (Å²) in [5, 5.41) is 23.5. The van der Waals surface area contributed by atoms with Crippen molar-refractivity contribution in [3.63, 3.8) is 0 Å². The highest BCUT2D eigenvalue weighted by Gasteiger charge is 2.20. The molecule has 0 aliphatic heterocycles. The summed E-state index contributed by atoms with van der Waals surface area (Å²) >= 11 is 0. The number of rotatable bonds is 80. The summed E-state index contributed by atoms with van der Waals surface area (Å²) in [6.45, 7) is 5.01. The van der Waals surface area contributed by atoms with E-state index in [0.29, 0.717) is 25.9 Å². The summed E-state index contributed by atoms with van der Waals surface area (Å²) in [6.07, 6.45) is 104. The topological polar surface area (TPSA) is 95.9 Å². The van der Waals surface area contributed by atoms with Crippen molar-refractivity contribution in [2.75, 3.05) is 13.2 Å². The lowest BCUT2D eigenvalue weighted by atomic mass is 10.0. The SMILES string of the molecule is CCCCCCCCCCCCCCCCCCCCCCCCCCC(O)C(CO)NC(=O)CCCCCCCCCCCCCCCCCCC/C=C\C/C=C\CCCCCCCCCCCCCCCCCOC(=O)CCCCCCCCCCCCC. The summed E-state index contributed by atoms with van der Waals surface area (Å²) in [5.74, 6) is -0.00475. The Labute approximate surface area is 571 Å². The van der Waals surface area contributed by atoms with E-state index in [1.54, 1.807) is 0 Å². The molecule has 6 heteroatoms. The fraction of sp³-hybridized carbons (Fsp3) is 0.929. The number of allylic oxidation sites excluding steroid dienone is 4. The molecule has 6 nitrogen and oxygen atoms in total. The Morgan fingerprint density at radius 1 is 0.308 bits per heavy atom. The minimum atomic E-state index is -0.664. The predicted octanol–water partition coefficient (Wildman–Crippen LogP) is 28.0. The average molecular weight is 1280 g/mol. The Morgan fingerprint density at radius 3 is 0.835 bits per heavy atom. The number of unbranched alkanes of at least 4 members (excludes halogenated alkanes) is 65. The summed E-state index contributed by atoms with van der Waals surface area (Å²) in [5.41, 5.74) is 0. The van der Waals surface area contributed by atoms with E-state index < -0.39 is 12.1 Å². The van der Waals surface area contributed by atoms with Crippen molar-refractivity contribution in [1.82, 2.24) is 5.32 Å². The molecule has 0 fully saturated rings. The number of aliphatic hydroxyl groups excluding tert-OH is 2. The second-order valence-electron chi connectivity index (χ2n) is 29.2. The molecule has 0 saturated heterocycles. The zero-order valence-electron chi connectivity index (χ0n) is 62.1. The maximum absolute atomic E-state index is 12.6. The molecular weight excluding hydrogens is 1110 g/mol. The van der Waals surface area contributed by atoms with Crippen LogP contribution in [0.2, 0.25) is 0 Å². The largest absolute Gasteiger partial charge is 0.466 e. The van der Waals surface area contributed by atoms with Crippen LogP contribution in [0.3, 0.4) is 0 Å². The van der Waals surface area contributed by atoms with Gasteiger partial charge in [0.1, 0.15) is 0 Å². The van der Waals surface area contributed by atoms with Gasteiger partial charge < -0.3 is 20.3 Å². The molecule has 0 aliphatic rings. The van der Waals surface area contributed by atoms with Crippen molar-refractivity contribution >= 4 is 11.9 Å².